The van der Waals surface area contributed by atoms with E-state index in [4.69, 9.17) is 4.98 Å². The summed E-state index contributed by atoms with van der Waals surface area (Å²) >= 11 is 0. The molecule has 24 heavy (non-hydrogen) atoms. The predicted molar refractivity (Wildman–Crippen MR) is 93.8 cm³/mol. The molecule has 6 nitrogen and oxygen atoms in total. The van der Waals surface area contributed by atoms with Gasteiger partial charge in [0, 0.05) is 29.1 Å². The van der Waals surface area contributed by atoms with Crippen LogP contribution in [0.3, 0.4) is 0 Å². The van der Waals surface area contributed by atoms with Gasteiger partial charge >= 0.3 is 0 Å². The first-order valence-electron chi connectivity index (χ1n) is 8.14. The Hall–Kier alpha value is -2.76. The van der Waals surface area contributed by atoms with Gasteiger partial charge < -0.3 is 5.32 Å². The molecule has 122 valence electrons. The molecular weight excluding hydrogens is 300 g/mol. The third-order valence-electron chi connectivity index (χ3n) is 3.96. The average Bonchev–Trinajstić information content (AvgIpc) is 3.00. The van der Waals surface area contributed by atoms with Crippen LogP contribution in [0.2, 0.25) is 0 Å². The molecule has 1 aliphatic rings. The van der Waals surface area contributed by atoms with Crippen molar-refractivity contribution in [1.82, 2.24) is 24.6 Å². The van der Waals surface area contributed by atoms with Crippen LogP contribution >= 0.6 is 0 Å². The van der Waals surface area contributed by atoms with E-state index in [0.717, 1.165) is 40.9 Å². The highest BCUT2D eigenvalue weighted by Crippen LogP contribution is 2.31. The van der Waals surface area contributed by atoms with Crippen molar-refractivity contribution in [2.75, 3.05) is 5.32 Å². The molecule has 0 radical (unpaired) electrons. The largest absolute Gasteiger partial charge is 0.350 e. The van der Waals surface area contributed by atoms with Gasteiger partial charge in [-0.05, 0) is 51.3 Å². The Morgan fingerprint density at radius 1 is 1.17 bits per heavy atom. The Kier molecular flexibility index (Phi) is 3.33. The summed E-state index contributed by atoms with van der Waals surface area (Å²) in [5.41, 5.74) is 5.24. The van der Waals surface area contributed by atoms with Crippen molar-refractivity contribution in [2.45, 2.75) is 39.2 Å². The molecule has 0 fully saturated rings. The molecule has 0 amide bonds. The number of nitrogens with one attached hydrogen (secondary N) is 1. The summed E-state index contributed by atoms with van der Waals surface area (Å²) in [6.45, 7) is 6.32. The molecule has 0 atom stereocenters. The monoisotopic (exact) mass is 320 g/mol. The first-order chi connectivity index (χ1) is 11.5. The second-order valence-electron chi connectivity index (χ2n) is 7.07. The van der Waals surface area contributed by atoms with E-state index >= 15 is 0 Å². The molecule has 0 aromatic carbocycles. The van der Waals surface area contributed by atoms with E-state index in [1.54, 1.807) is 10.8 Å². The minimum Gasteiger partial charge on any atom is -0.350 e. The summed E-state index contributed by atoms with van der Waals surface area (Å²) in [6.07, 6.45) is 9.66. The Labute approximate surface area is 140 Å². The molecule has 3 aromatic heterocycles. The molecule has 1 N–H and O–H groups in total. The van der Waals surface area contributed by atoms with E-state index in [-0.39, 0.29) is 5.54 Å². The fraction of sp³-hybridized carbons (Fsp3) is 0.333. The van der Waals surface area contributed by atoms with Crippen LogP contribution in [0, 0.1) is 0 Å². The van der Waals surface area contributed by atoms with Crippen molar-refractivity contribution < 1.29 is 0 Å². The number of nitrogens with zero attached hydrogens (tertiary/aromatic N) is 5. The molecule has 0 aliphatic heterocycles. The van der Waals surface area contributed by atoms with Gasteiger partial charge in [-0.15, -0.1) is 0 Å². The molecular formula is C18H20N6. The molecule has 6 heteroatoms. The van der Waals surface area contributed by atoms with Crippen molar-refractivity contribution in [1.29, 1.82) is 0 Å². The van der Waals surface area contributed by atoms with E-state index in [9.17, 15) is 0 Å². The van der Waals surface area contributed by atoms with Gasteiger partial charge in [0.2, 0.25) is 5.95 Å². The number of hydrogen-bond acceptors (Lipinski definition) is 5. The number of fused-ring (bicyclic) bond motifs is 2. The summed E-state index contributed by atoms with van der Waals surface area (Å²) in [4.78, 5) is 13.4. The minimum absolute atomic E-state index is 0.0559. The van der Waals surface area contributed by atoms with Gasteiger partial charge in [0.05, 0.1) is 5.69 Å². The number of aryl methyl sites for hydroxylation is 1. The van der Waals surface area contributed by atoms with Crippen LogP contribution in [-0.2, 0) is 6.42 Å². The van der Waals surface area contributed by atoms with E-state index in [1.165, 1.54) is 0 Å². The highest BCUT2D eigenvalue weighted by Gasteiger charge is 2.19. The maximum Gasteiger partial charge on any atom is 0.223 e. The van der Waals surface area contributed by atoms with Crippen molar-refractivity contribution in [3.8, 4) is 0 Å². The second kappa shape index (κ2) is 5.40. The lowest BCUT2D eigenvalue weighted by Gasteiger charge is -2.22. The topological polar surface area (TPSA) is 68.0 Å². The predicted octanol–water partition coefficient (Wildman–Crippen LogP) is 3.11. The standard InChI is InChI=1S/C18H20N6/c1-18(2,3)23-17-19-9-14-13(5-4-6-15(14)22-17)12-7-8-16-20-11-21-24(16)10-12/h5,7-11H,4,6H2,1-3H3,(H,19,22,23). The van der Waals surface area contributed by atoms with Crippen LogP contribution in [0.15, 0.2) is 36.9 Å². The number of allylic oxidation sites excluding steroid dienone is 1. The van der Waals surface area contributed by atoms with Gasteiger partial charge in [0.25, 0.3) is 0 Å². The lowest BCUT2D eigenvalue weighted by Crippen LogP contribution is -2.27. The average molecular weight is 320 g/mol. The summed E-state index contributed by atoms with van der Waals surface area (Å²) in [5.74, 6) is 0.689. The lowest BCUT2D eigenvalue weighted by atomic mass is 9.92. The Morgan fingerprint density at radius 3 is 2.88 bits per heavy atom. The maximum absolute atomic E-state index is 4.73. The first kappa shape index (κ1) is 14.8. The fourth-order valence-electron chi connectivity index (χ4n) is 2.94. The third kappa shape index (κ3) is 2.75. The summed E-state index contributed by atoms with van der Waals surface area (Å²) in [7, 11) is 0. The van der Waals surface area contributed by atoms with E-state index < -0.39 is 0 Å². The van der Waals surface area contributed by atoms with E-state index in [0.29, 0.717) is 5.95 Å². The molecule has 1 aliphatic carbocycles. The van der Waals surface area contributed by atoms with Gasteiger partial charge in [-0.2, -0.15) is 5.10 Å². The van der Waals surface area contributed by atoms with Gasteiger partial charge in [-0.25, -0.2) is 19.5 Å². The Balaban J connectivity index is 1.73. The van der Waals surface area contributed by atoms with Crippen molar-refractivity contribution in [2.24, 2.45) is 0 Å². The van der Waals surface area contributed by atoms with Crippen LogP contribution < -0.4 is 5.32 Å². The van der Waals surface area contributed by atoms with Gasteiger partial charge in [0.15, 0.2) is 5.65 Å². The van der Waals surface area contributed by atoms with E-state index in [1.807, 2.05) is 18.5 Å². The van der Waals surface area contributed by atoms with Crippen LogP contribution in [0.1, 0.15) is 44.0 Å². The SMILES string of the molecule is CC(C)(C)Nc1ncc2c(n1)CCC=C2c1ccc2ncnn2c1. The number of aromatic nitrogens is 5. The van der Waals surface area contributed by atoms with Crippen molar-refractivity contribution in [3.05, 3.63) is 53.8 Å². The maximum atomic E-state index is 4.73. The second-order valence-corrected chi connectivity index (χ2v) is 7.07. The zero-order chi connectivity index (χ0) is 16.7. The molecule has 3 heterocycles. The normalized spacial score (nSPS) is 14.4. The van der Waals surface area contributed by atoms with Crippen molar-refractivity contribution in [3.63, 3.8) is 0 Å². The van der Waals surface area contributed by atoms with Crippen LogP contribution in [0.5, 0.6) is 0 Å². The Bertz CT molecular complexity index is 932. The molecule has 0 saturated carbocycles. The molecule has 0 unspecified atom stereocenters. The smallest absolute Gasteiger partial charge is 0.223 e. The molecule has 4 rings (SSSR count). The first-order valence-corrected chi connectivity index (χ1v) is 8.14. The number of anilines is 1. The summed E-state index contributed by atoms with van der Waals surface area (Å²) < 4.78 is 1.79. The minimum atomic E-state index is -0.0559. The molecule has 0 bridgehead atoms. The number of hydrogen-bond donors (Lipinski definition) is 1. The molecule has 0 saturated heterocycles. The summed E-state index contributed by atoms with van der Waals surface area (Å²) in [5, 5.41) is 7.56. The Morgan fingerprint density at radius 2 is 2.04 bits per heavy atom. The van der Waals surface area contributed by atoms with Gasteiger partial charge in [-0.1, -0.05) is 6.08 Å². The quantitative estimate of drug-likeness (QED) is 0.786. The van der Waals surface area contributed by atoms with Crippen molar-refractivity contribution >= 4 is 17.2 Å². The van der Waals surface area contributed by atoms with Gasteiger partial charge in [0.1, 0.15) is 6.33 Å². The lowest BCUT2D eigenvalue weighted by molar-refractivity contribution is 0.624. The number of rotatable bonds is 2. The zero-order valence-electron chi connectivity index (χ0n) is 14.1. The van der Waals surface area contributed by atoms with E-state index in [2.05, 4.69) is 53.3 Å². The third-order valence-corrected chi connectivity index (χ3v) is 3.96. The van der Waals surface area contributed by atoms with Crippen LogP contribution in [-0.4, -0.2) is 30.1 Å². The number of pyridine rings is 1. The fourth-order valence-corrected chi connectivity index (χ4v) is 2.94. The molecule has 0 spiro atoms. The van der Waals surface area contributed by atoms with Gasteiger partial charge in [-0.3, -0.25) is 0 Å². The van der Waals surface area contributed by atoms with Crippen LogP contribution in [0.4, 0.5) is 5.95 Å². The van der Waals surface area contributed by atoms with Crippen LogP contribution in [0.25, 0.3) is 11.2 Å². The zero-order valence-corrected chi connectivity index (χ0v) is 14.1. The highest BCUT2D eigenvalue weighted by atomic mass is 15.3. The molecule has 3 aromatic rings. The highest BCUT2D eigenvalue weighted by molar-refractivity contribution is 5.81. The summed E-state index contributed by atoms with van der Waals surface area (Å²) in [6, 6.07) is 4.06.